The summed E-state index contributed by atoms with van der Waals surface area (Å²) in [6.45, 7) is 4.51. The van der Waals surface area contributed by atoms with Crippen molar-refractivity contribution in [1.82, 2.24) is 5.32 Å². The summed E-state index contributed by atoms with van der Waals surface area (Å²) in [6.07, 6.45) is -3.18. The van der Waals surface area contributed by atoms with Gasteiger partial charge < -0.3 is 24.3 Å². The predicted molar refractivity (Wildman–Crippen MR) is 79.9 cm³/mol. The summed E-state index contributed by atoms with van der Waals surface area (Å²) in [5.74, 6) is -2.33. The molecule has 9 nitrogen and oxygen atoms in total. The number of esters is 3. The van der Waals surface area contributed by atoms with Gasteiger partial charge in [0.2, 0.25) is 5.91 Å². The van der Waals surface area contributed by atoms with Crippen molar-refractivity contribution in [2.45, 2.75) is 57.6 Å². The maximum atomic E-state index is 11.4. The van der Waals surface area contributed by atoms with Gasteiger partial charge in [0.15, 0.2) is 17.8 Å². The van der Waals surface area contributed by atoms with Gasteiger partial charge in [0, 0.05) is 27.7 Å². The highest BCUT2D eigenvalue weighted by Gasteiger charge is 2.50. The Balaban J connectivity index is 3.11. The molecule has 1 amide bonds. The summed E-state index contributed by atoms with van der Waals surface area (Å²) < 4.78 is 20.7. The van der Waals surface area contributed by atoms with Crippen molar-refractivity contribution in [3.8, 4) is 0 Å². The molecule has 0 spiro atoms. The molecule has 24 heavy (non-hydrogen) atoms. The summed E-state index contributed by atoms with van der Waals surface area (Å²) in [5, 5.41) is 2.50. The number of ether oxygens (including phenoxy) is 4. The van der Waals surface area contributed by atoms with E-state index >= 15 is 0 Å². The summed E-state index contributed by atoms with van der Waals surface area (Å²) in [5.41, 5.74) is -1.09. The van der Waals surface area contributed by atoms with Crippen molar-refractivity contribution >= 4 is 35.4 Å². The van der Waals surface area contributed by atoms with E-state index in [9.17, 15) is 19.2 Å². The van der Waals surface area contributed by atoms with Crippen molar-refractivity contribution in [3.63, 3.8) is 0 Å². The van der Waals surface area contributed by atoms with Crippen molar-refractivity contribution in [1.29, 1.82) is 0 Å². The molecule has 2 unspecified atom stereocenters. The minimum atomic E-state index is -1.11. The number of rotatable bonds is 5. The Bertz CT molecular complexity index is 511. The SMILES string of the molecule is CC(=O)N[C@@H]1C(OC(C)=O)[C@H](OC(C)=O)C(COC(C)=O)O[C@@H]1Cl. The average molecular weight is 366 g/mol. The lowest BCUT2D eigenvalue weighted by Gasteiger charge is -2.43. The van der Waals surface area contributed by atoms with Gasteiger partial charge in [0.25, 0.3) is 0 Å². The van der Waals surface area contributed by atoms with Crippen LogP contribution in [0.1, 0.15) is 27.7 Å². The number of halogens is 1. The van der Waals surface area contributed by atoms with E-state index in [1.54, 1.807) is 0 Å². The first-order valence-corrected chi connectivity index (χ1v) is 7.60. The zero-order chi connectivity index (χ0) is 18.4. The normalized spacial score (nSPS) is 29.3. The first-order valence-electron chi connectivity index (χ1n) is 7.16. The molecule has 0 aliphatic carbocycles. The highest BCUT2D eigenvalue weighted by molar-refractivity contribution is 6.20. The lowest BCUT2D eigenvalue weighted by Crippen LogP contribution is -2.64. The van der Waals surface area contributed by atoms with Gasteiger partial charge in [-0.3, -0.25) is 19.2 Å². The van der Waals surface area contributed by atoms with E-state index in [2.05, 4.69) is 5.32 Å². The van der Waals surface area contributed by atoms with Gasteiger partial charge in [-0.25, -0.2) is 0 Å². The van der Waals surface area contributed by atoms with Crippen LogP contribution in [0.4, 0.5) is 0 Å². The maximum Gasteiger partial charge on any atom is 0.303 e. The molecule has 0 aromatic rings. The molecule has 0 bridgehead atoms. The summed E-state index contributed by atoms with van der Waals surface area (Å²) in [4.78, 5) is 45.2. The van der Waals surface area contributed by atoms with E-state index in [0.29, 0.717) is 0 Å². The van der Waals surface area contributed by atoms with Gasteiger partial charge in [-0.15, -0.1) is 0 Å². The van der Waals surface area contributed by atoms with Gasteiger partial charge in [-0.2, -0.15) is 0 Å². The molecule has 1 rings (SSSR count). The van der Waals surface area contributed by atoms with E-state index in [1.165, 1.54) is 13.8 Å². The fourth-order valence-electron chi connectivity index (χ4n) is 2.28. The highest BCUT2D eigenvalue weighted by atomic mass is 35.5. The van der Waals surface area contributed by atoms with Crippen molar-refractivity contribution < 1.29 is 38.1 Å². The zero-order valence-electron chi connectivity index (χ0n) is 13.7. The van der Waals surface area contributed by atoms with E-state index in [1.807, 2.05) is 0 Å². The van der Waals surface area contributed by atoms with Crippen LogP contribution >= 0.6 is 11.6 Å². The zero-order valence-corrected chi connectivity index (χ0v) is 14.5. The lowest BCUT2D eigenvalue weighted by molar-refractivity contribution is -0.212. The topological polar surface area (TPSA) is 117 Å². The Kier molecular flexibility index (Phi) is 7.43. The van der Waals surface area contributed by atoms with E-state index in [-0.39, 0.29) is 6.61 Å². The van der Waals surface area contributed by atoms with Crippen molar-refractivity contribution in [3.05, 3.63) is 0 Å². The first kappa shape index (κ1) is 20.2. The molecule has 1 aliphatic heterocycles. The third-order valence-corrected chi connectivity index (χ3v) is 3.43. The molecule has 0 aromatic heterocycles. The van der Waals surface area contributed by atoms with Gasteiger partial charge in [-0.1, -0.05) is 11.6 Å². The molecule has 1 heterocycles. The van der Waals surface area contributed by atoms with E-state index < -0.39 is 53.7 Å². The second kappa shape index (κ2) is 8.84. The van der Waals surface area contributed by atoms with Crippen LogP contribution in [0.15, 0.2) is 0 Å². The molecule has 10 heteroatoms. The van der Waals surface area contributed by atoms with Gasteiger partial charge in [0.05, 0.1) is 0 Å². The fourth-order valence-corrected chi connectivity index (χ4v) is 2.62. The number of alkyl halides is 1. The second-order valence-corrected chi connectivity index (χ2v) is 5.63. The number of carbonyl (C=O) groups is 4. The Hall–Kier alpha value is -1.87. The molecule has 0 radical (unpaired) electrons. The monoisotopic (exact) mass is 365 g/mol. The molecule has 1 aliphatic rings. The van der Waals surface area contributed by atoms with Crippen LogP contribution in [0.3, 0.4) is 0 Å². The lowest BCUT2D eigenvalue weighted by atomic mass is 9.97. The molecule has 1 N–H and O–H groups in total. The Morgan fingerprint density at radius 2 is 1.50 bits per heavy atom. The average Bonchev–Trinajstić information content (AvgIpc) is 2.42. The first-order chi connectivity index (χ1) is 11.1. The van der Waals surface area contributed by atoms with Gasteiger partial charge in [-0.05, 0) is 0 Å². The molecule has 136 valence electrons. The van der Waals surface area contributed by atoms with Crippen LogP contribution in [0.25, 0.3) is 0 Å². The van der Waals surface area contributed by atoms with Gasteiger partial charge >= 0.3 is 17.9 Å². The van der Waals surface area contributed by atoms with Crippen molar-refractivity contribution in [2.24, 2.45) is 0 Å². The Morgan fingerprint density at radius 3 is 1.96 bits per heavy atom. The predicted octanol–water partition coefficient (Wildman–Crippen LogP) is -0.119. The van der Waals surface area contributed by atoms with Crippen LogP contribution in [-0.2, 0) is 38.1 Å². The van der Waals surface area contributed by atoms with Crippen LogP contribution in [0.5, 0.6) is 0 Å². The Morgan fingerprint density at radius 1 is 0.958 bits per heavy atom. The van der Waals surface area contributed by atoms with E-state index in [0.717, 1.165) is 13.8 Å². The molecule has 0 saturated carbocycles. The summed E-state index contributed by atoms with van der Waals surface area (Å²) >= 11 is 6.11. The third-order valence-electron chi connectivity index (χ3n) is 3.06. The Labute approximate surface area is 143 Å². The van der Waals surface area contributed by atoms with Crippen LogP contribution in [-0.4, -0.2) is 60.3 Å². The smallest absolute Gasteiger partial charge is 0.303 e. The third kappa shape index (κ3) is 5.97. The number of hydrogen-bond acceptors (Lipinski definition) is 8. The summed E-state index contributed by atoms with van der Waals surface area (Å²) in [6, 6.07) is -0.953. The van der Waals surface area contributed by atoms with Crippen LogP contribution in [0.2, 0.25) is 0 Å². The maximum absolute atomic E-state index is 11.4. The minimum absolute atomic E-state index is 0.263. The standard InChI is InChI=1S/C14H20ClNO8/c1-6(17)16-11-13(23-9(4)20)12(22-8(3)19)10(24-14(11)15)5-21-7(2)18/h10-14H,5H2,1-4H3,(H,16,17)/t10?,11-,12-,13?,14+/m1/s1. The van der Waals surface area contributed by atoms with Crippen molar-refractivity contribution in [2.75, 3.05) is 6.61 Å². The minimum Gasteiger partial charge on any atom is -0.463 e. The molecule has 1 saturated heterocycles. The number of amides is 1. The molecule has 5 atom stereocenters. The second-order valence-electron chi connectivity index (χ2n) is 5.20. The quantitative estimate of drug-likeness (QED) is 0.407. The van der Waals surface area contributed by atoms with Crippen LogP contribution in [0, 0.1) is 0 Å². The largest absolute Gasteiger partial charge is 0.463 e. The molecular weight excluding hydrogens is 346 g/mol. The van der Waals surface area contributed by atoms with E-state index in [4.69, 9.17) is 30.5 Å². The molecule has 1 fully saturated rings. The molecular formula is C14H20ClNO8. The molecule has 0 aromatic carbocycles. The summed E-state index contributed by atoms with van der Waals surface area (Å²) in [7, 11) is 0. The number of hydrogen-bond donors (Lipinski definition) is 1. The number of carbonyl (C=O) groups excluding carboxylic acids is 4. The number of nitrogens with one attached hydrogen (secondary N) is 1. The fraction of sp³-hybridized carbons (Fsp3) is 0.714. The van der Waals surface area contributed by atoms with Gasteiger partial charge in [0.1, 0.15) is 18.8 Å². The van der Waals surface area contributed by atoms with Crippen LogP contribution < -0.4 is 5.32 Å². The highest BCUT2D eigenvalue weighted by Crippen LogP contribution is 2.28.